The summed E-state index contributed by atoms with van der Waals surface area (Å²) in [5.74, 6) is -0.613. The molecule has 3 amide bonds. The number of urea groups is 1. The van der Waals surface area contributed by atoms with Crippen LogP contribution in [-0.2, 0) is 11.3 Å². The van der Waals surface area contributed by atoms with Crippen molar-refractivity contribution in [2.45, 2.75) is 31.5 Å². The van der Waals surface area contributed by atoms with Gasteiger partial charge in [-0.3, -0.25) is 10.1 Å². The van der Waals surface area contributed by atoms with Gasteiger partial charge in [0.05, 0.1) is 6.04 Å². The summed E-state index contributed by atoms with van der Waals surface area (Å²) in [5.41, 5.74) is 1.82. The zero-order valence-electron chi connectivity index (χ0n) is 14.7. The number of nitrogens with one attached hydrogen (secondary N) is 3. The molecule has 0 saturated heterocycles. The van der Waals surface area contributed by atoms with Gasteiger partial charge in [-0.2, -0.15) is 0 Å². The lowest BCUT2D eigenvalue weighted by Gasteiger charge is -2.28. The Balaban J connectivity index is 1.90. The number of imide groups is 1. The lowest BCUT2D eigenvalue weighted by molar-refractivity contribution is -0.946. The molecule has 1 saturated carbocycles. The van der Waals surface area contributed by atoms with Gasteiger partial charge in [-0.05, 0) is 12.1 Å². The molecule has 0 heterocycles. The van der Waals surface area contributed by atoms with Gasteiger partial charge in [0, 0.05) is 31.0 Å². The predicted octanol–water partition coefficient (Wildman–Crippen LogP) is 1.57. The molecule has 1 aliphatic carbocycles. The number of hydrogen-bond donors (Lipinski definition) is 3. The molecule has 0 aliphatic heterocycles. The van der Waals surface area contributed by atoms with E-state index in [1.54, 1.807) is 12.1 Å². The topological polar surface area (TPSA) is 62.6 Å². The minimum Gasteiger partial charge on any atom is -0.341 e. The van der Waals surface area contributed by atoms with Crippen LogP contribution in [0.4, 0.5) is 9.18 Å². The van der Waals surface area contributed by atoms with Crippen LogP contribution in [0.2, 0.25) is 0 Å². The third kappa shape index (κ3) is 4.46. The third-order valence-corrected chi connectivity index (χ3v) is 4.65. The molecule has 1 unspecified atom stereocenters. The molecular formula is C20H23FN3O2+. The first-order chi connectivity index (χ1) is 12.6. The van der Waals surface area contributed by atoms with Crippen LogP contribution in [0, 0.1) is 5.82 Å². The summed E-state index contributed by atoms with van der Waals surface area (Å²) in [6.45, 7) is 0.589. The second-order valence-electron chi connectivity index (χ2n) is 6.56. The fraction of sp³-hybridized carbons (Fsp3) is 0.300. The van der Waals surface area contributed by atoms with Gasteiger partial charge in [0.25, 0.3) is 5.91 Å². The molecule has 0 bridgehead atoms. The van der Waals surface area contributed by atoms with Crippen LogP contribution in [0.5, 0.6) is 0 Å². The Hall–Kier alpha value is -2.73. The standard InChI is InChI=1S/C20H22FN3O2/c1-22-20(26)23-19(25)18(15-5-3-2-4-6-15)24(17-11-12-17)13-14-7-9-16(21)10-8-14/h2-10,17-18H,11-13H2,1H3,(H2,22,23,25,26)/p+1/t18-/m0/s1. The molecule has 2 atom stereocenters. The van der Waals surface area contributed by atoms with Crippen molar-refractivity contribution in [1.29, 1.82) is 0 Å². The molecule has 2 aromatic carbocycles. The summed E-state index contributed by atoms with van der Waals surface area (Å²) in [4.78, 5) is 25.6. The smallest absolute Gasteiger partial charge is 0.321 e. The number of rotatable bonds is 6. The van der Waals surface area contributed by atoms with Crippen molar-refractivity contribution in [2.75, 3.05) is 7.05 Å². The highest BCUT2D eigenvalue weighted by molar-refractivity contribution is 5.96. The van der Waals surface area contributed by atoms with E-state index in [9.17, 15) is 14.0 Å². The van der Waals surface area contributed by atoms with E-state index in [0.29, 0.717) is 12.6 Å². The first-order valence-corrected chi connectivity index (χ1v) is 8.76. The SMILES string of the molecule is CNC(=O)NC(=O)[C@H](c1ccccc1)[NH+](Cc1ccc(F)cc1)C1CC1. The molecular weight excluding hydrogens is 333 g/mol. The molecule has 1 fully saturated rings. The molecule has 26 heavy (non-hydrogen) atoms. The first kappa shape index (κ1) is 18.1. The molecule has 2 aromatic rings. The third-order valence-electron chi connectivity index (χ3n) is 4.65. The van der Waals surface area contributed by atoms with Crippen molar-refractivity contribution in [3.05, 3.63) is 71.5 Å². The molecule has 136 valence electrons. The van der Waals surface area contributed by atoms with Crippen molar-refractivity contribution in [3.63, 3.8) is 0 Å². The van der Waals surface area contributed by atoms with Gasteiger partial charge in [-0.25, -0.2) is 9.18 Å². The maximum absolute atomic E-state index is 13.2. The van der Waals surface area contributed by atoms with Crippen LogP contribution >= 0.6 is 0 Å². The summed E-state index contributed by atoms with van der Waals surface area (Å²) in [6, 6.07) is 15.2. The fourth-order valence-electron chi connectivity index (χ4n) is 3.20. The second-order valence-corrected chi connectivity index (χ2v) is 6.56. The minimum atomic E-state index is -0.520. The Labute approximate surface area is 152 Å². The average molecular weight is 356 g/mol. The average Bonchev–Trinajstić information content (AvgIpc) is 3.48. The molecule has 3 rings (SSSR count). The summed E-state index contributed by atoms with van der Waals surface area (Å²) >= 11 is 0. The van der Waals surface area contributed by atoms with E-state index >= 15 is 0 Å². The molecule has 0 aromatic heterocycles. The predicted molar refractivity (Wildman–Crippen MR) is 95.9 cm³/mol. The van der Waals surface area contributed by atoms with Crippen molar-refractivity contribution < 1.29 is 18.9 Å². The number of hydrogen-bond acceptors (Lipinski definition) is 2. The van der Waals surface area contributed by atoms with Gasteiger partial charge in [0.1, 0.15) is 12.4 Å². The highest BCUT2D eigenvalue weighted by Crippen LogP contribution is 2.21. The quantitative estimate of drug-likeness (QED) is 0.736. The van der Waals surface area contributed by atoms with Crippen LogP contribution in [0.3, 0.4) is 0 Å². The summed E-state index contributed by atoms with van der Waals surface area (Å²) in [6.07, 6.45) is 2.07. The number of halogens is 1. The van der Waals surface area contributed by atoms with E-state index in [0.717, 1.165) is 28.9 Å². The Morgan fingerprint density at radius 2 is 1.77 bits per heavy atom. The highest BCUT2D eigenvalue weighted by atomic mass is 19.1. The Kier molecular flexibility index (Phi) is 5.63. The first-order valence-electron chi connectivity index (χ1n) is 8.76. The van der Waals surface area contributed by atoms with E-state index in [4.69, 9.17) is 0 Å². The summed E-state index contributed by atoms with van der Waals surface area (Å²) < 4.78 is 13.2. The Morgan fingerprint density at radius 1 is 1.12 bits per heavy atom. The van der Waals surface area contributed by atoms with Crippen molar-refractivity contribution in [2.24, 2.45) is 0 Å². The van der Waals surface area contributed by atoms with E-state index in [1.807, 2.05) is 30.3 Å². The largest absolute Gasteiger partial charge is 0.341 e. The molecule has 5 nitrogen and oxygen atoms in total. The van der Waals surface area contributed by atoms with E-state index in [1.165, 1.54) is 19.2 Å². The minimum absolute atomic E-state index is 0.279. The van der Waals surface area contributed by atoms with Gasteiger partial charge >= 0.3 is 6.03 Å². The maximum atomic E-state index is 13.2. The normalized spacial score (nSPS) is 15.8. The summed E-state index contributed by atoms with van der Waals surface area (Å²) in [7, 11) is 1.48. The number of carbonyl (C=O) groups excluding carboxylic acids is 2. The van der Waals surface area contributed by atoms with Gasteiger partial charge in [0.15, 0.2) is 6.04 Å². The molecule has 0 radical (unpaired) electrons. The second kappa shape index (κ2) is 8.10. The van der Waals surface area contributed by atoms with Gasteiger partial charge in [0.2, 0.25) is 0 Å². The monoisotopic (exact) mass is 356 g/mol. The van der Waals surface area contributed by atoms with Crippen LogP contribution in [0.25, 0.3) is 0 Å². The van der Waals surface area contributed by atoms with Crippen LogP contribution in [-0.4, -0.2) is 25.0 Å². The van der Waals surface area contributed by atoms with E-state index < -0.39 is 12.1 Å². The van der Waals surface area contributed by atoms with Crippen molar-refractivity contribution in [3.8, 4) is 0 Å². The van der Waals surface area contributed by atoms with E-state index in [2.05, 4.69) is 10.6 Å². The van der Waals surface area contributed by atoms with E-state index in [-0.39, 0.29) is 11.7 Å². The molecule has 1 aliphatic rings. The number of amides is 3. The highest BCUT2D eigenvalue weighted by Gasteiger charge is 2.42. The summed E-state index contributed by atoms with van der Waals surface area (Å²) in [5, 5.41) is 4.84. The van der Waals surface area contributed by atoms with Crippen molar-refractivity contribution in [1.82, 2.24) is 10.6 Å². The lowest BCUT2D eigenvalue weighted by atomic mass is 10.0. The van der Waals surface area contributed by atoms with Crippen LogP contribution in [0.1, 0.15) is 30.0 Å². The number of carbonyl (C=O) groups is 2. The fourth-order valence-corrected chi connectivity index (χ4v) is 3.20. The van der Waals surface area contributed by atoms with Crippen LogP contribution < -0.4 is 15.5 Å². The van der Waals surface area contributed by atoms with Gasteiger partial charge < -0.3 is 10.2 Å². The Bertz CT molecular complexity index is 760. The zero-order valence-corrected chi connectivity index (χ0v) is 14.7. The van der Waals surface area contributed by atoms with Crippen molar-refractivity contribution >= 4 is 11.9 Å². The maximum Gasteiger partial charge on any atom is 0.321 e. The number of benzene rings is 2. The zero-order chi connectivity index (χ0) is 18.5. The van der Waals surface area contributed by atoms with Crippen LogP contribution in [0.15, 0.2) is 54.6 Å². The molecule has 0 spiro atoms. The molecule has 6 heteroatoms. The lowest BCUT2D eigenvalue weighted by Crippen LogP contribution is -3.13. The Morgan fingerprint density at radius 3 is 2.35 bits per heavy atom. The molecule has 3 N–H and O–H groups in total. The van der Waals surface area contributed by atoms with Gasteiger partial charge in [-0.1, -0.05) is 42.5 Å². The van der Waals surface area contributed by atoms with Gasteiger partial charge in [-0.15, -0.1) is 0 Å². The number of quaternary nitrogens is 1.